The van der Waals surface area contributed by atoms with E-state index in [0.29, 0.717) is 5.56 Å². The maximum Gasteiger partial charge on any atom is 0.123 e. The van der Waals surface area contributed by atoms with Gasteiger partial charge in [-0.05, 0) is 23.3 Å². The molecule has 0 saturated heterocycles. The third-order valence-electron chi connectivity index (χ3n) is 2.61. The Morgan fingerprint density at radius 1 is 0.882 bits per heavy atom. The molecule has 1 nitrogen and oxygen atoms in total. The van der Waals surface area contributed by atoms with Crippen molar-refractivity contribution in [1.82, 2.24) is 0 Å². The Bertz CT molecular complexity index is 469. The zero-order valence-corrected chi connectivity index (χ0v) is 10.6. The highest BCUT2D eigenvalue weighted by molar-refractivity contribution is 9.09. The zero-order valence-electron chi connectivity index (χ0n) is 9.05. The minimum absolute atomic E-state index is 0.200. The summed E-state index contributed by atoms with van der Waals surface area (Å²) in [6, 6.07) is 15.5. The van der Waals surface area contributed by atoms with Crippen molar-refractivity contribution in [2.75, 3.05) is 0 Å². The maximum absolute atomic E-state index is 12.8. The van der Waals surface area contributed by atoms with Crippen LogP contribution in [0.1, 0.15) is 22.1 Å². The number of hydrogen-bond donors (Lipinski definition) is 1. The van der Waals surface area contributed by atoms with Gasteiger partial charge in [0.05, 0.1) is 10.9 Å². The summed E-state index contributed by atoms with van der Waals surface area (Å²) in [6.45, 7) is 0. The lowest BCUT2D eigenvalue weighted by atomic mass is 10.0. The van der Waals surface area contributed by atoms with Crippen molar-refractivity contribution in [1.29, 1.82) is 0 Å². The summed E-state index contributed by atoms with van der Waals surface area (Å²) < 4.78 is 12.8. The fourth-order valence-corrected chi connectivity index (χ4v) is 2.26. The molecule has 3 heteroatoms. The topological polar surface area (TPSA) is 20.2 Å². The molecule has 0 radical (unpaired) electrons. The molecule has 1 N–H and O–H groups in total. The monoisotopic (exact) mass is 294 g/mol. The molecule has 2 aromatic carbocycles. The molecule has 2 rings (SSSR count). The first-order chi connectivity index (χ1) is 8.18. The van der Waals surface area contributed by atoms with Crippen molar-refractivity contribution < 1.29 is 9.50 Å². The largest absolute Gasteiger partial charge is 0.387 e. The lowest BCUT2D eigenvalue weighted by Gasteiger charge is -2.18. The van der Waals surface area contributed by atoms with Crippen molar-refractivity contribution in [3.8, 4) is 0 Å². The van der Waals surface area contributed by atoms with E-state index in [1.165, 1.54) is 12.1 Å². The molecule has 17 heavy (non-hydrogen) atoms. The van der Waals surface area contributed by atoms with Gasteiger partial charge in [0.25, 0.3) is 0 Å². The molecule has 0 aliphatic heterocycles. The normalized spacial score (nSPS) is 14.3. The van der Waals surface area contributed by atoms with Crippen LogP contribution in [0.2, 0.25) is 0 Å². The molecule has 2 aromatic rings. The van der Waals surface area contributed by atoms with Gasteiger partial charge in [0, 0.05) is 0 Å². The number of rotatable bonds is 3. The van der Waals surface area contributed by atoms with Crippen molar-refractivity contribution in [2.45, 2.75) is 10.9 Å². The summed E-state index contributed by atoms with van der Waals surface area (Å²) in [4.78, 5) is -0.200. The molecule has 0 heterocycles. The van der Waals surface area contributed by atoms with Crippen LogP contribution in [0.3, 0.4) is 0 Å². The van der Waals surface area contributed by atoms with Crippen molar-refractivity contribution in [3.05, 3.63) is 71.5 Å². The first kappa shape index (κ1) is 12.3. The lowest BCUT2D eigenvalue weighted by molar-refractivity contribution is 0.177. The van der Waals surface area contributed by atoms with Gasteiger partial charge in [-0.2, -0.15) is 0 Å². The molecule has 0 fully saturated rings. The van der Waals surface area contributed by atoms with E-state index < -0.39 is 6.10 Å². The standard InChI is InChI=1S/C14H12BrFO/c15-13(10-4-2-1-3-5-10)14(17)11-6-8-12(16)9-7-11/h1-9,13-14,17H/t13-,14-/m1/s1. The van der Waals surface area contributed by atoms with Gasteiger partial charge in [0.2, 0.25) is 0 Å². The third kappa shape index (κ3) is 2.93. The molecule has 0 aromatic heterocycles. The quantitative estimate of drug-likeness (QED) is 0.849. The Morgan fingerprint density at radius 2 is 1.47 bits per heavy atom. The number of alkyl halides is 1. The Labute approximate surface area is 108 Å². The summed E-state index contributed by atoms with van der Waals surface area (Å²) in [7, 11) is 0. The number of aliphatic hydroxyl groups is 1. The Balaban J connectivity index is 2.20. The summed E-state index contributed by atoms with van der Waals surface area (Å²) in [5, 5.41) is 10.2. The van der Waals surface area contributed by atoms with E-state index in [9.17, 15) is 9.50 Å². The van der Waals surface area contributed by atoms with E-state index in [4.69, 9.17) is 0 Å². The lowest BCUT2D eigenvalue weighted by Crippen LogP contribution is -2.05. The molecule has 0 unspecified atom stereocenters. The van der Waals surface area contributed by atoms with Gasteiger partial charge in [-0.25, -0.2) is 4.39 Å². The van der Waals surface area contributed by atoms with Crippen LogP contribution < -0.4 is 0 Å². The fraction of sp³-hybridized carbons (Fsp3) is 0.143. The number of hydrogen-bond acceptors (Lipinski definition) is 1. The second kappa shape index (κ2) is 5.43. The minimum atomic E-state index is -0.696. The van der Waals surface area contributed by atoms with Crippen LogP contribution in [0.4, 0.5) is 4.39 Å². The Hall–Kier alpha value is -1.19. The van der Waals surface area contributed by atoms with E-state index in [2.05, 4.69) is 15.9 Å². The first-order valence-corrected chi connectivity index (χ1v) is 6.22. The summed E-state index contributed by atoms with van der Waals surface area (Å²) >= 11 is 3.46. The number of aliphatic hydroxyl groups excluding tert-OH is 1. The zero-order chi connectivity index (χ0) is 12.3. The van der Waals surface area contributed by atoms with Crippen LogP contribution >= 0.6 is 15.9 Å². The molecule has 0 saturated carbocycles. The predicted octanol–water partition coefficient (Wildman–Crippen LogP) is 4.00. The Kier molecular flexibility index (Phi) is 3.92. The highest BCUT2D eigenvalue weighted by Gasteiger charge is 2.19. The smallest absolute Gasteiger partial charge is 0.123 e. The first-order valence-electron chi connectivity index (χ1n) is 5.31. The van der Waals surface area contributed by atoms with Gasteiger partial charge in [-0.1, -0.05) is 58.4 Å². The van der Waals surface area contributed by atoms with E-state index in [1.54, 1.807) is 12.1 Å². The van der Waals surface area contributed by atoms with Crippen LogP contribution in [-0.4, -0.2) is 5.11 Å². The SMILES string of the molecule is O[C@H](c1ccc(F)cc1)[C@H](Br)c1ccccc1. The fourth-order valence-electron chi connectivity index (χ4n) is 1.65. The molecular formula is C14H12BrFO. The third-order valence-corrected chi connectivity index (χ3v) is 3.64. The van der Waals surface area contributed by atoms with E-state index in [1.807, 2.05) is 30.3 Å². The highest BCUT2D eigenvalue weighted by Crippen LogP contribution is 2.35. The minimum Gasteiger partial charge on any atom is -0.387 e. The van der Waals surface area contributed by atoms with Crippen LogP contribution in [-0.2, 0) is 0 Å². The van der Waals surface area contributed by atoms with E-state index >= 15 is 0 Å². The average molecular weight is 295 g/mol. The molecular weight excluding hydrogens is 283 g/mol. The van der Waals surface area contributed by atoms with Crippen molar-refractivity contribution in [3.63, 3.8) is 0 Å². The van der Waals surface area contributed by atoms with Gasteiger partial charge < -0.3 is 5.11 Å². The van der Waals surface area contributed by atoms with Crippen LogP contribution in [0.25, 0.3) is 0 Å². The summed E-state index contributed by atoms with van der Waals surface area (Å²) in [6.07, 6.45) is -0.696. The van der Waals surface area contributed by atoms with Crippen LogP contribution in [0, 0.1) is 5.82 Å². The van der Waals surface area contributed by atoms with Gasteiger partial charge in [-0.15, -0.1) is 0 Å². The predicted molar refractivity (Wildman–Crippen MR) is 69.5 cm³/mol. The summed E-state index contributed by atoms with van der Waals surface area (Å²) in [5.74, 6) is -0.299. The molecule has 2 atom stereocenters. The van der Waals surface area contributed by atoms with Gasteiger partial charge in [0.1, 0.15) is 5.82 Å². The van der Waals surface area contributed by atoms with Gasteiger partial charge >= 0.3 is 0 Å². The maximum atomic E-state index is 12.8. The van der Waals surface area contributed by atoms with E-state index in [0.717, 1.165) is 5.56 Å². The molecule has 88 valence electrons. The molecule has 0 amide bonds. The summed E-state index contributed by atoms with van der Waals surface area (Å²) in [5.41, 5.74) is 1.68. The van der Waals surface area contributed by atoms with E-state index in [-0.39, 0.29) is 10.6 Å². The van der Waals surface area contributed by atoms with Gasteiger partial charge in [0.15, 0.2) is 0 Å². The average Bonchev–Trinajstić information content (AvgIpc) is 2.39. The number of halogens is 2. The second-order valence-corrected chi connectivity index (χ2v) is 4.80. The highest BCUT2D eigenvalue weighted by atomic mass is 79.9. The number of benzene rings is 2. The van der Waals surface area contributed by atoms with Crippen LogP contribution in [0.15, 0.2) is 54.6 Å². The second-order valence-electron chi connectivity index (χ2n) is 3.81. The molecule has 0 aliphatic rings. The van der Waals surface area contributed by atoms with Crippen molar-refractivity contribution in [2.24, 2.45) is 0 Å². The molecule has 0 aliphatic carbocycles. The van der Waals surface area contributed by atoms with Crippen molar-refractivity contribution >= 4 is 15.9 Å². The van der Waals surface area contributed by atoms with Crippen LogP contribution in [0.5, 0.6) is 0 Å². The molecule has 0 bridgehead atoms. The van der Waals surface area contributed by atoms with Gasteiger partial charge in [-0.3, -0.25) is 0 Å². The Morgan fingerprint density at radius 3 is 2.06 bits per heavy atom. The molecule has 0 spiro atoms.